The summed E-state index contributed by atoms with van der Waals surface area (Å²) in [5.74, 6) is -1.65. The molecule has 7 heteroatoms. The van der Waals surface area contributed by atoms with Crippen LogP contribution in [-0.4, -0.2) is 17.1 Å². The van der Waals surface area contributed by atoms with Crippen molar-refractivity contribution in [1.29, 1.82) is 0 Å². The first-order chi connectivity index (χ1) is 15.5. The molecule has 0 amide bonds. The number of carbonyl (C=O) groups is 1. The summed E-state index contributed by atoms with van der Waals surface area (Å²) in [4.78, 5) is 25.8. The van der Waals surface area contributed by atoms with Crippen molar-refractivity contribution in [2.75, 3.05) is 6.61 Å². The zero-order valence-corrected chi connectivity index (χ0v) is 17.8. The van der Waals surface area contributed by atoms with E-state index in [-0.39, 0.29) is 28.7 Å². The summed E-state index contributed by atoms with van der Waals surface area (Å²) < 4.78 is 35.5. The predicted molar refractivity (Wildman–Crippen MR) is 120 cm³/mol. The number of carbonyl (C=O) groups excluding carboxylic acids is 1. The van der Waals surface area contributed by atoms with Crippen molar-refractivity contribution < 1.29 is 18.3 Å². The number of aromatic nitrogens is 1. The lowest BCUT2D eigenvalue weighted by molar-refractivity contribution is 0.0518. The Morgan fingerprint density at radius 3 is 2.47 bits per heavy atom. The first-order valence-electron chi connectivity index (χ1n) is 10.1. The summed E-state index contributed by atoms with van der Waals surface area (Å²) in [6, 6.07) is 17.9. The summed E-state index contributed by atoms with van der Waals surface area (Å²) >= 11 is 1.32. The van der Waals surface area contributed by atoms with E-state index in [1.165, 1.54) is 30.0 Å². The predicted octanol–water partition coefficient (Wildman–Crippen LogP) is 5.78. The van der Waals surface area contributed by atoms with Gasteiger partial charge in [-0.3, -0.25) is 4.79 Å². The van der Waals surface area contributed by atoms with E-state index in [0.717, 1.165) is 5.56 Å². The fraction of sp³-hybridized carbons (Fsp3) is 0.120. The molecule has 1 aromatic heterocycles. The molecule has 1 atom stereocenters. The van der Waals surface area contributed by atoms with E-state index in [4.69, 9.17) is 4.74 Å². The normalized spacial score (nSPS) is 14.7. The van der Waals surface area contributed by atoms with Gasteiger partial charge in [-0.05, 0) is 42.3 Å². The first kappa shape index (κ1) is 20.5. The van der Waals surface area contributed by atoms with Crippen molar-refractivity contribution >= 4 is 28.6 Å². The molecule has 0 saturated carbocycles. The number of fused-ring (bicyclic) bond motifs is 3. The van der Waals surface area contributed by atoms with Crippen LogP contribution in [-0.2, 0) is 4.74 Å². The second kappa shape index (κ2) is 7.91. The Morgan fingerprint density at radius 2 is 1.78 bits per heavy atom. The quantitative estimate of drug-likeness (QED) is 0.371. The Hall–Kier alpha value is -3.45. The highest BCUT2D eigenvalue weighted by Crippen LogP contribution is 2.50. The minimum atomic E-state index is -0.735. The minimum absolute atomic E-state index is 0.0985. The lowest BCUT2D eigenvalue weighted by Gasteiger charge is -2.35. The molecule has 0 spiro atoms. The largest absolute Gasteiger partial charge is 0.462 e. The van der Waals surface area contributed by atoms with Crippen LogP contribution in [0.4, 0.5) is 8.78 Å². The van der Waals surface area contributed by atoms with Crippen molar-refractivity contribution in [3.63, 3.8) is 0 Å². The third-order valence-electron chi connectivity index (χ3n) is 5.43. The van der Waals surface area contributed by atoms with Gasteiger partial charge in [0.05, 0.1) is 17.1 Å². The summed E-state index contributed by atoms with van der Waals surface area (Å²) in [5.41, 5.74) is 1.67. The molecule has 0 bridgehead atoms. The second-order valence-electron chi connectivity index (χ2n) is 7.34. The van der Waals surface area contributed by atoms with Gasteiger partial charge in [0.15, 0.2) is 0 Å². The van der Waals surface area contributed by atoms with Crippen molar-refractivity contribution in [1.82, 2.24) is 4.57 Å². The highest BCUT2D eigenvalue weighted by atomic mass is 32.2. The summed E-state index contributed by atoms with van der Waals surface area (Å²) in [6.07, 6.45) is 0. The van der Waals surface area contributed by atoms with Crippen LogP contribution in [0.3, 0.4) is 0 Å². The smallest absolute Gasteiger partial charge is 0.344 e. The van der Waals surface area contributed by atoms with Crippen LogP contribution in [0.1, 0.15) is 28.2 Å². The van der Waals surface area contributed by atoms with Gasteiger partial charge < -0.3 is 9.30 Å². The number of rotatable bonds is 4. The molecule has 160 valence electrons. The van der Waals surface area contributed by atoms with E-state index in [0.29, 0.717) is 21.7 Å². The number of thioether (sulfide) groups is 1. The third-order valence-corrected chi connectivity index (χ3v) is 6.76. The van der Waals surface area contributed by atoms with Crippen LogP contribution in [0.2, 0.25) is 0 Å². The van der Waals surface area contributed by atoms with Gasteiger partial charge in [-0.1, -0.05) is 54.2 Å². The van der Waals surface area contributed by atoms with Gasteiger partial charge in [0.2, 0.25) is 5.43 Å². The van der Waals surface area contributed by atoms with Gasteiger partial charge >= 0.3 is 5.97 Å². The van der Waals surface area contributed by atoms with Gasteiger partial charge in [0.25, 0.3) is 0 Å². The average Bonchev–Trinajstić information content (AvgIpc) is 2.77. The maximum atomic E-state index is 15.1. The molecular weight excluding hydrogens is 432 g/mol. The van der Waals surface area contributed by atoms with Gasteiger partial charge in [0.1, 0.15) is 22.6 Å². The number of pyridine rings is 1. The Bertz CT molecular complexity index is 1420. The molecule has 0 saturated heterocycles. The molecule has 2 heterocycles. The maximum Gasteiger partial charge on any atom is 0.344 e. The van der Waals surface area contributed by atoms with Crippen LogP contribution in [0, 0.1) is 11.6 Å². The molecule has 1 aliphatic rings. The summed E-state index contributed by atoms with van der Waals surface area (Å²) in [5, 5.41) is 0.262. The van der Waals surface area contributed by atoms with Gasteiger partial charge in [-0.2, -0.15) is 0 Å². The van der Waals surface area contributed by atoms with E-state index >= 15 is 4.39 Å². The van der Waals surface area contributed by atoms with Crippen molar-refractivity contribution in [3.8, 4) is 11.1 Å². The Morgan fingerprint density at radius 1 is 1.06 bits per heavy atom. The standard InChI is InChI=1S/C25H17F2NO3S/c1-2-31-25(30)21-22(29)18-12-19(27)17(14-6-4-3-5-7-14)13-20(18)28-23(32-24(21)28)15-8-10-16(26)11-9-15/h3-13,23H,2H2,1H3. The van der Waals surface area contributed by atoms with E-state index in [1.807, 2.05) is 22.8 Å². The zero-order valence-electron chi connectivity index (χ0n) is 17.0. The number of benzene rings is 3. The number of hydrogen-bond acceptors (Lipinski definition) is 4. The number of halogens is 2. The second-order valence-corrected chi connectivity index (χ2v) is 8.41. The van der Waals surface area contributed by atoms with E-state index < -0.39 is 17.2 Å². The maximum absolute atomic E-state index is 15.1. The van der Waals surface area contributed by atoms with Crippen LogP contribution in [0.5, 0.6) is 0 Å². The fourth-order valence-corrected chi connectivity index (χ4v) is 5.21. The van der Waals surface area contributed by atoms with E-state index in [9.17, 15) is 14.0 Å². The monoisotopic (exact) mass is 449 g/mol. The summed E-state index contributed by atoms with van der Waals surface area (Å²) in [6.45, 7) is 1.77. The van der Waals surface area contributed by atoms with E-state index in [1.54, 1.807) is 37.3 Å². The Kier molecular flexibility index (Phi) is 5.06. The molecule has 4 nitrogen and oxygen atoms in total. The number of ether oxygens (including phenoxy) is 1. The minimum Gasteiger partial charge on any atom is -0.462 e. The lowest BCUT2D eigenvalue weighted by Crippen LogP contribution is -2.30. The number of nitrogens with zero attached hydrogens (tertiary/aromatic N) is 1. The molecule has 4 aromatic rings. The topological polar surface area (TPSA) is 48.3 Å². The highest BCUT2D eigenvalue weighted by molar-refractivity contribution is 8.00. The lowest BCUT2D eigenvalue weighted by atomic mass is 10.0. The SMILES string of the molecule is CCOC(=O)c1c2n(c3cc(-c4ccccc4)c(F)cc3c1=O)C(c1ccc(F)cc1)S2. The summed E-state index contributed by atoms with van der Waals surface area (Å²) in [7, 11) is 0. The third kappa shape index (κ3) is 3.20. The first-order valence-corrected chi connectivity index (χ1v) is 10.9. The van der Waals surface area contributed by atoms with Crippen molar-refractivity contribution in [3.05, 3.63) is 99.7 Å². The highest BCUT2D eigenvalue weighted by Gasteiger charge is 2.37. The molecule has 1 aliphatic heterocycles. The van der Waals surface area contributed by atoms with Gasteiger partial charge in [-0.15, -0.1) is 0 Å². The number of esters is 1. The van der Waals surface area contributed by atoms with Gasteiger partial charge in [0, 0.05) is 10.9 Å². The molecule has 5 rings (SSSR count). The van der Waals surface area contributed by atoms with E-state index in [2.05, 4.69) is 0 Å². The molecule has 0 aliphatic carbocycles. The molecule has 0 radical (unpaired) electrons. The van der Waals surface area contributed by atoms with Crippen molar-refractivity contribution in [2.24, 2.45) is 0 Å². The van der Waals surface area contributed by atoms with Crippen LogP contribution >= 0.6 is 11.8 Å². The fourth-order valence-electron chi connectivity index (χ4n) is 3.93. The zero-order chi connectivity index (χ0) is 22.4. The molecule has 32 heavy (non-hydrogen) atoms. The molecule has 1 unspecified atom stereocenters. The van der Waals surface area contributed by atoms with Crippen molar-refractivity contribution in [2.45, 2.75) is 17.3 Å². The Labute approximate surface area is 186 Å². The molecule has 0 fully saturated rings. The number of hydrogen-bond donors (Lipinski definition) is 0. The molecule has 0 N–H and O–H groups in total. The van der Waals surface area contributed by atoms with Gasteiger partial charge in [-0.25, -0.2) is 13.6 Å². The van der Waals surface area contributed by atoms with Crippen LogP contribution in [0.15, 0.2) is 76.6 Å². The van der Waals surface area contributed by atoms with Crippen LogP contribution < -0.4 is 5.43 Å². The molecular formula is C25H17F2NO3S. The Balaban J connectivity index is 1.80. The average molecular weight is 449 g/mol. The van der Waals surface area contributed by atoms with Crippen LogP contribution in [0.25, 0.3) is 22.0 Å². The molecule has 3 aromatic carbocycles.